The van der Waals surface area contributed by atoms with Gasteiger partial charge < -0.3 is 21.1 Å². The lowest BCUT2D eigenvalue weighted by atomic mass is 10.0. The highest BCUT2D eigenvalue weighted by atomic mass is 16.3. The van der Waals surface area contributed by atoms with E-state index in [-0.39, 0.29) is 17.9 Å². The van der Waals surface area contributed by atoms with Crippen molar-refractivity contribution in [2.75, 3.05) is 23.3 Å². The minimum atomic E-state index is -0.257. The Kier molecular flexibility index (Phi) is 4.66. The maximum absolute atomic E-state index is 12.0. The lowest BCUT2D eigenvalue weighted by Gasteiger charge is -2.22. The fourth-order valence-electron chi connectivity index (χ4n) is 3.56. The number of anilines is 2. The summed E-state index contributed by atoms with van der Waals surface area (Å²) in [7, 11) is 0. The summed E-state index contributed by atoms with van der Waals surface area (Å²) in [5.74, 6) is 0.310. The van der Waals surface area contributed by atoms with Crippen molar-refractivity contribution in [3.8, 4) is 11.1 Å². The van der Waals surface area contributed by atoms with Gasteiger partial charge in [0, 0.05) is 36.9 Å². The second-order valence-corrected chi connectivity index (χ2v) is 7.28. The average molecular weight is 351 g/mol. The maximum atomic E-state index is 12.0. The van der Waals surface area contributed by atoms with Crippen LogP contribution in [0, 0.1) is 5.92 Å². The molecule has 4 rings (SSSR count). The van der Waals surface area contributed by atoms with Crippen molar-refractivity contribution in [2.24, 2.45) is 11.7 Å². The molecule has 2 aliphatic rings. The first kappa shape index (κ1) is 17.1. The Morgan fingerprint density at radius 2 is 1.96 bits per heavy atom. The summed E-state index contributed by atoms with van der Waals surface area (Å²) in [6, 6.07) is 14.2. The van der Waals surface area contributed by atoms with Crippen molar-refractivity contribution >= 4 is 17.3 Å². The highest BCUT2D eigenvalue weighted by molar-refractivity contribution is 5.94. The monoisotopic (exact) mass is 351 g/mol. The first-order valence-corrected chi connectivity index (χ1v) is 9.31. The van der Waals surface area contributed by atoms with Crippen LogP contribution in [0.2, 0.25) is 0 Å². The van der Waals surface area contributed by atoms with Gasteiger partial charge >= 0.3 is 0 Å². The van der Waals surface area contributed by atoms with Gasteiger partial charge in [0.15, 0.2) is 0 Å². The Labute approximate surface area is 153 Å². The lowest BCUT2D eigenvalue weighted by Crippen LogP contribution is -2.23. The molecular weight excluding hydrogens is 326 g/mol. The maximum Gasteiger partial charge on any atom is 0.227 e. The zero-order valence-electron chi connectivity index (χ0n) is 14.8. The van der Waals surface area contributed by atoms with E-state index in [1.807, 2.05) is 24.3 Å². The third kappa shape index (κ3) is 3.59. The standard InChI is InChI=1S/C21H25N3O2/c22-12-17-10-16(6-7-20(17)24-9-8-19(25)13-24)15-2-1-3-18(11-15)23-21(26)14-4-5-14/h1-3,6-7,10-11,14,19,25H,4-5,8-9,12-13,22H2,(H,23,26)/t19-/m0/s1. The number of benzene rings is 2. The van der Waals surface area contributed by atoms with E-state index < -0.39 is 0 Å². The van der Waals surface area contributed by atoms with Crippen LogP contribution in [0.5, 0.6) is 0 Å². The van der Waals surface area contributed by atoms with Crippen LogP contribution in [0.3, 0.4) is 0 Å². The van der Waals surface area contributed by atoms with E-state index in [1.54, 1.807) is 0 Å². The van der Waals surface area contributed by atoms with Crippen LogP contribution in [0.4, 0.5) is 11.4 Å². The molecule has 2 aromatic rings. The van der Waals surface area contributed by atoms with Crippen molar-refractivity contribution in [3.05, 3.63) is 48.0 Å². The number of hydrogen-bond donors (Lipinski definition) is 3. The molecule has 1 aliphatic heterocycles. The zero-order valence-corrected chi connectivity index (χ0v) is 14.8. The Hall–Kier alpha value is -2.37. The van der Waals surface area contributed by atoms with Crippen LogP contribution >= 0.6 is 0 Å². The van der Waals surface area contributed by atoms with Crippen molar-refractivity contribution in [3.63, 3.8) is 0 Å². The topological polar surface area (TPSA) is 78.6 Å². The minimum absolute atomic E-state index is 0.118. The molecule has 0 spiro atoms. The largest absolute Gasteiger partial charge is 0.391 e. The molecule has 26 heavy (non-hydrogen) atoms. The Morgan fingerprint density at radius 3 is 2.65 bits per heavy atom. The predicted octanol–water partition coefficient (Wildman–Crippen LogP) is 2.73. The Balaban J connectivity index is 1.58. The summed E-state index contributed by atoms with van der Waals surface area (Å²) in [6.07, 6.45) is 2.54. The highest BCUT2D eigenvalue weighted by Crippen LogP contribution is 2.32. The van der Waals surface area contributed by atoms with Gasteiger partial charge in [0.2, 0.25) is 5.91 Å². The van der Waals surface area contributed by atoms with E-state index in [9.17, 15) is 9.90 Å². The van der Waals surface area contributed by atoms with Crippen molar-refractivity contribution in [1.29, 1.82) is 0 Å². The molecule has 1 heterocycles. The molecule has 4 N–H and O–H groups in total. The third-order valence-corrected chi connectivity index (χ3v) is 5.22. The molecule has 5 heteroatoms. The number of nitrogens with one attached hydrogen (secondary N) is 1. The van der Waals surface area contributed by atoms with E-state index in [0.717, 1.165) is 53.9 Å². The van der Waals surface area contributed by atoms with E-state index >= 15 is 0 Å². The molecule has 1 amide bonds. The summed E-state index contributed by atoms with van der Waals surface area (Å²) in [5, 5.41) is 12.8. The molecule has 2 fully saturated rings. The second kappa shape index (κ2) is 7.09. The molecule has 5 nitrogen and oxygen atoms in total. The smallest absolute Gasteiger partial charge is 0.227 e. The van der Waals surface area contributed by atoms with Gasteiger partial charge in [0.1, 0.15) is 0 Å². The molecule has 0 unspecified atom stereocenters. The number of nitrogens with zero attached hydrogens (tertiary/aromatic N) is 1. The molecular formula is C21H25N3O2. The van der Waals surface area contributed by atoms with Crippen molar-refractivity contribution < 1.29 is 9.90 Å². The predicted molar refractivity (Wildman–Crippen MR) is 104 cm³/mol. The van der Waals surface area contributed by atoms with Crippen LogP contribution in [-0.4, -0.2) is 30.2 Å². The average Bonchev–Trinajstić information content (AvgIpc) is 3.43. The van der Waals surface area contributed by atoms with Crippen LogP contribution in [0.25, 0.3) is 11.1 Å². The van der Waals surface area contributed by atoms with Gasteiger partial charge in [-0.2, -0.15) is 0 Å². The Morgan fingerprint density at radius 1 is 1.15 bits per heavy atom. The number of amides is 1. The van der Waals surface area contributed by atoms with Crippen LogP contribution < -0.4 is 16.0 Å². The minimum Gasteiger partial charge on any atom is -0.391 e. The summed E-state index contributed by atoms with van der Waals surface area (Å²) in [4.78, 5) is 14.2. The van der Waals surface area contributed by atoms with Gasteiger partial charge in [-0.1, -0.05) is 18.2 Å². The molecule has 0 aromatic heterocycles. The number of nitrogens with two attached hydrogens (primary N) is 1. The van der Waals surface area contributed by atoms with E-state index in [1.165, 1.54) is 0 Å². The van der Waals surface area contributed by atoms with Gasteiger partial charge in [-0.3, -0.25) is 4.79 Å². The van der Waals surface area contributed by atoms with Crippen molar-refractivity contribution in [2.45, 2.75) is 31.9 Å². The molecule has 0 radical (unpaired) electrons. The number of rotatable bonds is 5. The first-order valence-electron chi connectivity index (χ1n) is 9.31. The number of carbonyl (C=O) groups excluding carboxylic acids is 1. The molecule has 1 aliphatic carbocycles. The highest BCUT2D eigenvalue weighted by Gasteiger charge is 2.29. The Bertz CT molecular complexity index is 817. The SMILES string of the molecule is NCc1cc(-c2cccc(NC(=O)C3CC3)c2)ccc1N1CC[C@H](O)C1. The first-order chi connectivity index (χ1) is 12.6. The number of aliphatic hydroxyl groups excluding tert-OH is 1. The van der Waals surface area contributed by atoms with Gasteiger partial charge in [-0.25, -0.2) is 0 Å². The van der Waals surface area contributed by atoms with Gasteiger partial charge in [-0.05, 0) is 60.2 Å². The number of carbonyl (C=O) groups is 1. The van der Waals surface area contributed by atoms with Crippen LogP contribution in [0.1, 0.15) is 24.8 Å². The molecule has 2 aromatic carbocycles. The lowest BCUT2D eigenvalue weighted by molar-refractivity contribution is -0.117. The summed E-state index contributed by atoms with van der Waals surface area (Å²) < 4.78 is 0. The van der Waals surface area contributed by atoms with Crippen LogP contribution in [-0.2, 0) is 11.3 Å². The molecule has 1 saturated carbocycles. The number of aliphatic hydroxyl groups is 1. The molecule has 1 atom stereocenters. The molecule has 0 bridgehead atoms. The number of hydrogen-bond acceptors (Lipinski definition) is 4. The van der Waals surface area contributed by atoms with Gasteiger partial charge in [0.05, 0.1) is 6.10 Å². The second-order valence-electron chi connectivity index (χ2n) is 7.28. The quantitative estimate of drug-likeness (QED) is 0.774. The number of β-amino-alcohol motifs (C(OH)–C–C–N with tert-alkyl or cyclic N) is 1. The molecule has 1 saturated heterocycles. The van der Waals surface area contributed by atoms with E-state index in [2.05, 4.69) is 28.4 Å². The normalized spacial score (nSPS) is 19.6. The van der Waals surface area contributed by atoms with E-state index in [4.69, 9.17) is 5.73 Å². The zero-order chi connectivity index (χ0) is 18.1. The fourth-order valence-corrected chi connectivity index (χ4v) is 3.56. The third-order valence-electron chi connectivity index (χ3n) is 5.22. The van der Waals surface area contributed by atoms with Crippen LogP contribution in [0.15, 0.2) is 42.5 Å². The molecule has 136 valence electrons. The van der Waals surface area contributed by atoms with Gasteiger partial charge in [-0.15, -0.1) is 0 Å². The van der Waals surface area contributed by atoms with E-state index in [0.29, 0.717) is 13.1 Å². The summed E-state index contributed by atoms with van der Waals surface area (Å²) in [6.45, 7) is 1.97. The fraction of sp³-hybridized carbons (Fsp3) is 0.381. The summed E-state index contributed by atoms with van der Waals surface area (Å²) >= 11 is 0. The van der Waals surface area contributed by atoms with Gasteiger partial charge in [0.25, 0.3) is 0 Å². The van der Waals surface area contributed by atoms with Crippen molar-refractivity contribution in [1.82, 2.24) is 0 Å². The summed E-state index contributed by atoms with van der Waals surface area (Å²) in [5.41, 5.74) is 11.1.